The molecular formula is C20H24N6O. The number of nitrogens with zero attached hydrogens (tertiary/aromatic N) is 4. The SMILES string of the molecule is Cc1ccc2c(NCCNc3ccnc(N4CCOCC4)n3)ccnc2c1. The molecule has 0 aliphatic carbocycles. The standard InChI is InChI=1S/C20H24N6O/c1-15-2-3-16-17(4-6-21-18(16)14-15)22-8-9-23-19-5-7-24-20(25-19)26-10-12-27-13-11-26/h2-7,14H,8-13H2,1H3,(H,21,22)(H,23,24,25). The molecule has 2 N–H and O–H groups in total. The number of rotatable bonds is 6. The van der Waals surface area contributed by atoms with Gasteiger partial charge in [0.1, 0.15) is 5.82 Å². The van der Waals surface area contributed by atoms with E-state index in [2.05, 4.69) is 55.6 Å². The van der Waals surface area contributed by atoms with Crippen LogP contribution in [0.5, 0.6) is 0 Å². The summed E-state index contributed by atoms with van der Waals surface area (Å²) < 4.78 is 5.38. The zero-order valence-corrected chi connectivity index (χ0v) is 15.5. The van der Waals surface area contributed by atoms with Crippen LogP contribution in [0, 0.1) is 6.92 Å². The van der Waals surface area contributed by atoms with Crippen LogP contribution < -0.4 is 15.5 Å². The van der Waals surface area contributed by atoms with Crippen LogP contribution in [-0.4, -0.2) is 54.3 Å². The smallest absolute Gasteiger partial charge is 0.227 e. The summed E-state index contributed by atoms with van der Waals surface area (Å²) in [6.07, 6.45) is 3.64. The van der Waals surface area contributed by atoms with Gasteiger partial charge < -0.3 is 20.3 Å². The minimum atomic E-state index is 0.727. The highest BCUT2D eigenvalue weighted by molar-refractivity contribution is 5.91. The molecule has 1 aliphatic rings. The summed E-state index contributed by atoms with van der Waals surface area (Å²) in [6.45, 7) is 6.74. The van der Waals surface area contributed by atoms with Gasteiger partial charge in [0.25, 0.3) is 0 Å². The summed E-state index contributed by atoms with van der Waals surface area (Å²) >= 11 is 0. The number of benzene rings is 1. The lowest BCUT2D eigenvalue weighted by Crippen LogP contribution is -2.37. The summed E-state index contributed by atoms with van der Waals surface area (Å²) in [5, 5.41) is 7.99. The number of hydrogen-bond donors (Lipinski definition) is 2. The number of pyridine rings is 1. The number of nitrogens with one attached hydrogen (secondary N) is 2. The van der Waals surface area contributed by atoms with Crippen molar-refractivity contribution in [3.8, 4) is 0 Å². The van der Waals surface area contributed by atoms with E-state index < -0.39 is 0 Å². The largest absolute Gasteiger partial charge is 0.383 e. The van der Waals surface area contributed by atoms with Gasteiger partial charge in [0, 0.05) is 49.6 Å². The molecule has 0 spiro atoms. The van der Waals surface area contributed by atoms with E-state index >= 15 is 0 Å². The summed E-state index contributed by atoms with van der Waals surface area (Å²) in [6, 6.07) is 10.2. The van der Waals surface area contributed by atoms with Crippen molar-refractivity contribution in [2.75, 3.05) is 54.9 Å². The van der Waals surface area contributed by atoms with Crippen molar-refractivity contribution in [2.45, 2.75) is 6.92 Å². The summed E-state index contributed by atoms with van der Waals surface area (Å²) in [5.74, 6) is 1.59. The lowest BCUT2D eigenvalue weighted by atomic mass is 10.1. The number of hydrogen-bond acceptors (Lipinski definition) is 7. The van der Waals surface area contributed by atoms with Crippen LogP contribution in [0.2, 0.25) is 0 Å². The number of morpholine rings is 1. The second-order valence-electron chi connectivity index (χ2n) is 6.57. The van der Waals surface area contributed by atoms with Crippen molar-refractivity contribution in [3.63, 3.8) is 0 Å². The molecule has 3 heterocycles. The van der Waals surface area contributed by atoms with Gasteiger partial charge in [-0.2, -0.15) is 4.98 Å². The molecule has 0 amide bonds. The predicted octanol–water partition coefficient (Wildman–Crippen LogP) is 2.69. The third-order valence-electron chi connectivity index (χ3n) is 4.58. The Hall–Kier alpha value is -2.93. The Morgan fingerprint density at radius 1 is 1.00 bits per heavy atom. The van der Waals surface area contributed by atoms with Crippen molar-refractivity contribution in [3.05, 3.63) is 48.3 Å². The maximum absolute atomic E-state index is 5.38. The summed E-state index contributed by atoms with van der Waals surface area (Å²) in [5.41, 5.74) is 3.33. The van der Waals surface area contributed by atoms with Crippen LogP contribution in [0.3, 0.4) is 0 Å². The average molecular weight is 364 g/mol. The minimum absolute atomic E-state index is 0.727. The Labute approximate surface area is 158 Å². The van der Waals surface area contributed by atoms with Crippen LogP contribution in [0.25, 0.3) is 10.9 Å². The van der Waals surface area contributed by atoms with Crippen LogP contribution in [-0.2, 0) is 4.74 Å². The van der Waals surface area contributed by atoms with Gasteiger partial charge in [0.2, 0.25) is 5.95 Å². The fourth-order valence-corrected chi connectivity index (χ4v) is 3.16. The van der Waals surface area contributed by atoms with Gasteiger partial charge in [-0.3, -0.25) is 4.98 Å². The number of aromatic nitrogens is 3. The topological polar surface area (TPSA) is 75.2 Å². The van der Waals surface area contributed by atoms with E-state index in [4.69, 9.17) is 4.74 Å². The molecule has 140 valence electrons. The highest BCUT2D eigenvalue weighted by Gasteiger charge is 2.13. The second kappa shape index (κ2) is 8.18. The number of aryl methyl sites for hydroxylation is 1. The van der Waals surface area contributed by atoms with E-state index in [1.165, 1.54) is 5.56 Å². The van der Waals surface area contributed by atoms with E-state index in [-0.39, 0.29) is 0 Å². The highest BCUT2D eigenvalue weighted by atomic mass is 16.5. The van der Waals surface area contributed by atoms with Crippen molar-refractivity contribution >= 4 is 28.4 Å². The Morgan fingerprint density at radius 3 is 2.70 bits per heavy atom. The molecule has 1 saturated heterocycles. The van der Waals surface area contributed by atoms with E-state index in [0.29, 0.717) is 0 Å². The maximum atomic E-state index is 5.38. The molecule has 0 radical (unpaired) electrons. The predicted molar refractivity (Wildman–Crippen MR) is 109 cm³/mol. The van der Waals surface area contributed by atoms with Gasteiger partial charge in [0.05, 0.1) is 18.7 Å². The van der Waals surface area contributed by atoms with E-state index in [0.717, 1.165) is 67.7 Å². The van der Waals surface area contributed by atoms with E-state index in [1.54, 1.807) is 6.20 Å². The Bertz CT molecular complexity index is 910. The van der Waals surface area contributed by atoms with Gasteiger partial charge in [-0.05, 0) is 30.7 Å². The molecule has 1 fully saturated rings. The summed E-state index contributed by atoms with van der Waals surface area (Å²) in [4.78, 5) is 15.6. The molecule has 0 bridgehead atoms. The van der Waals surface area contributed by atoms with E-state index in [1.807, 2.05) is 18.3 Å². The minimum Gasteiger partial charge on any atom is -0.383 e. The van der Waals surface area contributed by atoms with Crippen molar-refractivity contribution in [1.82, 2.24) is 15.0 Å². The first-order valence-electron chi connectivity index (χ1n) is 9.28. The third kappa shape index (κ3) is 4.25. The van der Waals surface area contributed by atoms with Crippen LogP contribution in [0.4, 0.5) is 17.5 Å². The normalized spacial score (nSPS) is 14.3. The summed E-state index contributed by atoms with van der Waals surface area (Å²) in [7, 11) is 0. The molecule has 0 unspecified atom stereocenters. The number of anilines is 3. The quantitative estimate of drug-likeness (QED) is 0.651. The lowest BCUT2D eigenvalue weighted by Gasteiger charge is -2.26. The Kier molecular flexibility index (Phi) is 5.29. The molecule has 2 aromatic heterocycles. The van der Waals surface area contributed by atoms with Crippen LogP contribution in [0.1, 0.15) is 5.56 Å². The fourth-order valence-electron chi connectivity index (χ4n) is 3.16. The fraction of sp³-hybridized carbons (Fsp3) is 0.350. The van der Waals surface area contributed by atoms with Gasteiger partial charge in [0.15, 0.2) is 0 Å². The molecule has 7 nitrogen and oxygen atoms in total. The number of ether oxygens (including phenoxy) is 1. The van der Waals surface area contributed by atoms with Gasteiger partial charge in [-0.25, -0.2) is 4.98 Å². The Balaban J connectivity index is 1.34. The first-order chi connectivity index (χ1) is 13.3. The molecule has 1 aromatic carbocycles. The molecule has 7 heteroatoms. The molecule has 27 heavy (non-hydrogen) atoms. The van der Waals surface area contributed by atoms with Gasteiger partial charge in [-0.15, -0.1) is 0 Å². The average Bonchev–Trinajstić information content (AvgIpc) is 2.72. The van der Waals surface area contributed by atoms with Crippen LogP contribution >= 0.6 is 0 Å². The molecule has 1 aliphatic heterocycles. The maximum Gasteiger partial charge on any atom is 0.227 e. The molecule has 4 rings (SSSR count). The van der Waals surface area contributed by atoms with Crippen LogP contribution in [0.15, 0.2) is 42.7 Å². The Morgan fingerprint density at radius 2 is 1.81 bits per heavy atom. The zero-order chi connectivity index (χ0) is 18.5. The van der Waals surface area contributed by atoms with Gasteiger partial charge in [-0.1, -0.05) is 12.1 Å². The molecular weight excluding hydrogens is 340 g/mol. The van der Waals surface area contributed by atoms with Crippen molar-refractivity contribution in [2.24, 2.45) is 0 Å². The van der Waals surface area contributed by atoms with Crippen molar-refractivity contribution in [1.29, 1.82) is 0 Å². The molecule has 3 aromatic rings. The lowest BCUT2D eigenvalue weighted by molar-refractivity contribution is 0.122. The zero-order valence-electron chi connectivity index (χ0n) is 15.5. The third-order valence-corrected chi connectivity index (χ3v) is 4.58. The van der Waals surface area contributed by atoms with Crippen molar-refractivity contribution < 1.29 is 4.74 Å². The molecule has 0 atom stereocenters. The highest BCUT2D eigenvalue weighted by Crippen LogP contribution is 2.22. The first-order valence-corrected chi connectivity index (χ1v) is 9.28. The first kappa shape index (κ1) is 17.5. The monoisotopic (exact) mass is 364 g/mol. The van der Waals surface area contributed by atoms with Gasteiger partial charge >= 0.3 is 0 Å². The number of fused-ring (bicyclic) bond motifs is 1. The molecule has 0 saturated carbocycles. The van der Waals surface area contributed by atoms with E-state index in [9.17, 15) is 0 Å². The second-order valence-corrected chi connectivity index (χ2v) is 6.57.